The van der Waals surface area contributed by atoms with Crippen LogP contribution in [0.4, 0.5) is 10.2 Å². The van der Waals surface area contributed by atoms with Crippen LogP contribution in [-0.4, -0.2) is 33.3 Å². The van der Waals surface area contributed by atoms with E-state index in [4.69, 9.17) is 9.84 Å². The van der Waals surface area contributed by atoms with Crippen LogP contribution in [0, 0.1) is 12.7 Å². The number of ether oxygens (including phenoxy) is 1. The number of halogens is 1. The summed E-state index contributed by atoms with van der Waals surface area (Å²) in [6, 6.07) is 6.72. The van der Waals surface area contributed by atoms with Crippen molar-refractivity contribution < 1.29 is 19.0 Å². The van der Waals surface area contributed by atoms with Gasteiger partial charge in [0.25, 0.3) is 5.91 Å². The largest absolute Gasteiger partial charge is 0.394 e. The summed E-state index contributed by atoms with van der Waals surface area (Å²) in [5.74, 6) is -1.82. The molecular formula is C17H18FN3O4. The van der Waals surface area contributed by atoms with E-state index < -0.39 is 29.5 Å². The lowest BCUT2D eigenvalue weighted by Crippen LogP contribution is -2.30. The minimum Gasteiger partial charge on any atom is -0.394 e. The van der Waals surface area contributed by atoms with E-state index in [1.165, 1.54) is 0 Å². The molecule has 2 N–H and O–H groups in total. The first-order valence-corrected chi connectivity index (χ1v) is 7.91. The van der Waals surface area contributed by atoms with E-state index in [-0.39, 0.29) is 12.7 Å². The number of carbonyl (C=O) groups is 1. The number of aromatic nitrogens is 2. The van der Waals surface area contributed by atoms with Crippen LogP contribution in [-0.2, 0) is 4.74 Å². The number of aliphatic hydroxyl groups is 1. The van der Waals surface area contributed by atoms with Crippen LogP contribution in [0.3, 0.4) is 0 Å². The fourth-order valence-electron chi connectivity index (χ4n) is 2.65. The second kappa shape index (κ2) is 7.12. The zero-order chi connectivity index (χ0) is 18.0. The molecule has 132 valence electrons. The molecule has 7 nitrogen and oxygen atoms in total. The fraction of sp³-hybridized carbons (Fsp3) is 0.353. The standard InChI is InChI=1S/C17H18FN3O4/c1-10-2-4-11(5-3-10)16(23)19-15-13(18)8-21(17(24)20-15)14-7-6-12(9-22)25-14/h2-5,8,12,14,22H,6-7,9H2,1H3,(H,19,20,23,24)/t12-,14+/m0/s1. The molecule has 1 aromatic heterocycles. The number of rotatable bonds is 4. The monoisotopic (exact) mass is 347 g/mol. The van der Waals surface area contributed by atoms with Crippen LogP contribution in [0.15, 0.2) is 35.3 Å². The average molecular weight is 347 g/mol. The van der Waals surface area contributed by atoms with Gasteiger partial charge in [-0.05, 0) is 31.9 Å². The number of hydrogen-bond donors (Lipinski definition) is 2. The molecular weight excluding hydrogens is 329 g/mol. The van der Waals surface area contributed by atoms with Gasteiger partial charge in [-0.3, -0.25) is 9.36 Å². The Morgan fingerprint density at radius 1 is 1.40 bits per heavy atom. The van der Waals surface area contributed by atoms with Crippen molar-refractivity contribution >= 4 is 11.7 Å². The van der Waals surface area contributed by atoms with E-state index in [1.54, 1.807) is 24.3 Å². The molecule has 1 aliphatic heterocycles. The van der Waals surface area contributed by atoms with Crippen molar-refractivity contribution in [2.75, 3.05) is 11.9 Å². The van der Waals surface area contributed by atoms with Gasteiger partial charge in [0.05, 0.1) is 18.9 Å². The molecule has 0 radical (unpaired) electrons. The number of nitrogens with zero attached hydrogens (tertiary/aromatic N) is 2. The van der Waals surface area contributed by atoms with Gasteiger partial charge in [-0.2, -0.15) is 4.98 Å². The summed E-state index contributed by atoms with van der Waals surface area (Å²) in [5, 5.41) is 11.4. The normalized spacial score (nSPS) is 19.8. The van der Waals surface area contributed by atoms with Crippen molar-refractivity contribution in [2.24, 2.45) is 0 Å². The zero-order valence-corrected chi connectivity index (χ0v) is 13.6. The lowest BCUT2D eigenvalue weighted by molar-refractivity contribution is -0.0249. The molecule has 0 saturated carbocycles. The first kappa shape index (κ1) is 17.2. The molecule has 0 spiro atoms. The van der Waals surface area contributed by atoms with Crippen molar-refractivity contribution in [2.45, 2.75) is 32.1 Å². The van der Waals surface area contributed by atoms with E-state index >= 15 is 0 Å². The Labute approximate surface area is 143 Å². The van der Waals surface area contributed by atoms with Crippen molar-refractivity contribution in [1.82, 2.24) is 9.55 Å². The number of benzene rings is 1. The highest BCUT2D eigenvalue weighted by Gasteiger charge is 2.27. The molecule has 8 heteroatoms. The minimum absolute atomic E-state index is 0.161. The van der Waals surface area contributed by atoms with Gasteiger partial charge in [0.15, 0.2) is 11.6 Å². The number of nitrogens with one attached hydrogen (secondary N) is 1. The Bertz CT molecular complexity index is 835. The molecule has 1 fully saturated rings. The van der Waals surface area contributed by atoms with Gasteiger partial charge in [0.1, 0.15) is 6.23 Å². The van der Waals surface area contributed by atoms with Gasteiger partial charge >= 0.3 is 5.69 Å². The maximum atomic E-state index is 14.3. The van der Waals surface area contributed by atoms with E-state index in [0.29, 0.717) is 18.4 Å². The smallest absolute Gasteiger partial charge is 0.351 e. The highest BCUT2D eigenvalue weighted by molar-refractivity contribution is 6.03. The maximum Gasteiger partial charge on any atom is 0.351 e. The fourth-order valence-corrected chi connectivity index (χ4v) is 2.65. The van der Waals surface area contributed by atoms with Gasteiger partial charge in [-0.1, -0.05) is 17.7 Å². The Balaban J connectivity index is 1.79. The van der Waals surface area contributed by atoms with Crippen LogP contribution in [0.1, 0.15) is 35.0 Å². The summed E-state index contributed by atoms with van der Waals surface area (Å²) >= 11 is 0. The highest BCUT2D eigenvalue weighted by atomic mass is 19.1. The molecule has 2 atom stereocenters. The molecule has 2 aromatic rings. The summed E-state index contributed by atoms with van der Waals surface area (Å²) in [6.07, 6.45) is 0.960. The molecule has 1 saturated heterocycles. The maximum absolute atomic E-state index is 14.3. The van der Waals surface area contributed by atoms with E-state index in [0.717, 1.165) is 16.3 Å². The van der Waals surface area contributed by atoms with Crippen LogP contribution in [0.5, 0.6) is 0 Å². The molecule has 1 amide bonds. The highest BCUT2D eigenvalue weighted by Crippen LogP contribution is 2.27. The Morgan fingerprint density at radius 2 is 2.12 bits per heavy atom. The quantitative estimate of drug-likeness (QED) is 0.876. The van der Waals surface area contributed by atoms with Gasteiger partial charge in [-0.15, -0.1) is 0 Å². The lowest BCUT2D eigenvalue weighted by atomic mass is 10.1. The zero-order valence-electron chi connectivity index (χ0n) is 13.6. The van der Waals surface area contributed by atoms with Gasteiger partial charge in [0, 0.05) is 5.56 Å². The minimum atomic E-state index is -0.837. The second-order valence-electron chi connectivity index (χ2n) is 5.92. The molecule has 1 aromatic carbocycles. The SMILES string of the molecule is Cc1ccc(C(=O)Nc2nc(=O)n([C@H]3CC[C@@H](CO)O3)cc2F)cc1. The molecule has 0 aliphatic carbocycles. The predicted octanol–water partition coefficient (Wildman–Crippen LogP) is 1.61. The Hall–Kier alpha value is -2.58. The summed E-state index contributed by atoms with van der Waals surface area (Å²) < 4.78 is 20.7. The van der Waals surface area contributed by atoms with Crippen molar-refractivity contribution in [1.29, 1.82) is 0 Å². The molecule has 25 heavy (non-hydrogen) atoms. The van der Waals surface area contributed by atoms with E-state index in [1.807, 2.05) is 6.92 Å². The first-order valence-electron chi connectivity index (χ1n) is 7.91. The summed E-state index contributed by atoms with van der Waals surface area (Å²) in [7, 11) is 0. The number of aryl methyl sites for hydroxylation is 1. The van der Waals surface area contributed by atoms with Gasteiger partial charge in [0.2, 0.25) is 0 Å². The molecule has 2 heterocycles. The van der Waals surface area contributed by atoms with Gasteiger partial charge in [-0.25, -0.2) is 9.18 Å². The second-order valence-corrected chi connectivity index (χ2v) is 5.92. The lowest BCUT2D eigenvalue weighted by Gasteiger charge is -2.15. The Morgan fingerprint density at radius 3 is 2.76 bits per heavy atom. The number of amides is 1. The van der Waals surface area contributed by atoms with Crippen LogP contribution in [0.2, 0.25) is 0 Å². The van der Waals surface area contributed by atoms with Crippen LogP contribution < -0.4 is 11.0 Å². The van der Waals surface area contributed by atoms with Gasteiger partial charge < -0.3 is 15.2 Å². The summed E-state index contributed by atoms with van der Waals surface area (Å²) in [4.78, 5) is 27.9. The van der Waals surface area contributed by atoms with Crippen molar-refractivity contribution in [3.63, 3.8) is 0 Å². The van der Waals surface area contributed by atoms with E-state index in [2.05, 4.69) is 10.3 Å². The number of aliphatic hydroxyl groups excluding tert-OH is 1. The molecule has 0 bridgehead atoms. The number of hydrogen-bond acceptors (Lipinski definition) is 5. The third kappa shape index (κ3) is 3.75. The summed E-state index contributed by atoms with van der Waals surface area (Å²) in [6.45, 7) is 1.72. The number of anilines is 1. The summed E-state index contributed by atoms with van der Waals surface area (Å²) in [5.41, 5.74) is 0.589. The topological polar surface area (TPSA) is 93.5 Å². The van der Waals surface area contributed by atoms with Crippen LogP contribution in [0.25, 0.3) is 0 Å². The third-order valence-corrected chi connectivity index (χ3v) is 4.05. The molecule has 1 aliphatic rings. The van der Waals surface area contributed by atoms with Crippen molar-refractivity contribution in [3.05, 3.63) is 57.9 Å². The third-order valence-electron chi connectivity index (χ3n) is 4.05. The first-order chi connectivity index (χ1) is 12.0. The molecule has 0 unspecified atom stereocenters. The Kier molecular flexibility index (Phi) is 4.91. The van der Waals surface area contributed by atoms with Crippen LogP contribution >= 0.6 is 0 Å². The average Bonchev–Trinajstić information content (AvgIpc) is 3.07. The predicted molar refractivity (Wildman–Crippen MR) is 87.8 cm³/mol. The van der Waals surface area contributed by atoms with E-state index in [9.17, 15) is 14.0 Å². The van der Waals surface area contributed by atoms with Crippen molar-refractivity contribution in [3.8, 4) is 0 Å². The molecule has 3 rings (SSSR count). The number of carbonyl (C=O) groups excluding carboxylic acids is 1.